The Balaban J connectivity index is 2.48. The molecule has 0 N–H and O–H groups in total. The second kappa shape index (κ2) is 11.2. The van der Waals surface area contributed by atoms with Crippen LogP contribution in [0.15, 0.2) is 11.1 Å². The maximum atomic E-state index is 5.77. The standard InChI is InChI=1S/C15H28O5/c1-4-13(2)14(3)15-19-11-9-17-7-5-16-6-8-18-10-12-20-15/h15H,4-12H2,1-3H3. The second-order valence-electron chi connectivity index (χ2n) is 4.73. The Kier molecular flexibility index (Phi) is 9.87. The van der Waals surface area contributed by atoms with E-state index in [1.165, 1.54) is 5.57 Å². The lowest BCUT2D eigenvalue weighted by Crippen LogP contribution is -2.25. The molecule has 20 heavy (non-hydrogen) atoms. The third-order valence-corrected chi connectivity index (χ3v) is 3.29. The summed E-state index contributed by atoms with van der Waals surface area (Å²) in [7, 11) is 0. The van der Waals surface area contributed by atoms with Gasteiger partial charge in [0.15, 0.2) is 6.29 Å². The zero-order valence-corrected chi connectivity index (χ0v) is 13.0. The Bertz CT molecular complexity index is 263. The van der Waals surface area contributed by atoms with Gasteiger partial charge in [-0.3, -0.25) is 0 Å². The summed E-state index contributed by atoms with van der Waals surface area (Å²) in [4.78, 5) is 0. The maximum absolute atomic E-state index is 5.77. The van der Waals surface area contributed by atoms with Gasteiger partial charge in [-0.1, -0.05) is 12.5 Å². The molecule has 0 aliphatic carbocycles. The van der Waals surface area contributed by atoms with Crippen molar-refractivity contribution in [2.24, 2.45) is 0 Å². The Labute approximate surface area is 122 Å². The normalized spacial score (nSPS) is 22.9. The SMILES string of the molecule is CCC(C)=C(C)C1OCCOCCOCCOCCO1. The largest absolute Gasteiger partial charge is 0.377 e. The zero-order chi connectivity index (χ0) is 14.6. The number of allylic oxidation sites excluding steroid dienone is 1. The first-order chi connectivity index (χ1) is 9.75. The quantitative estimate of drug-likeness (QED) is 0.729. The molecule has 0 bridgehead atoms. The van der Waals surface area contributed by atoms with E-state index in [2.05, 4.69) is 20.8 Å². The fourth-order valence-corrected chi connectivity index (χ4v) is 1.75. The molecule has 118 valence electrons. The first-order valence-electron chi connectivity index (χ1n) is 7.38. The van der Waals surface area contributed by atoms with Gasteiger partial charge < -0.3 is 23.7 Å². The molecule has 5 nitrogen and oxygen atoms in total. The van der Waals surface area contributed by atoms with E-state index in [9.17, 15) is 0 Å². The monoisotopic (exact) mass is 288 g/mol. The molecule has 0 aromatic rings. The lowest BCUT2D eigenvalue weighted by Gasteiger charge is -2.21. The van der Waals surface area contributed by atoms with Gasteiger partial charge in [0, 0.05) is 0 Å². The first-order valence-corrected chi connectivity index (χ1v) is 7.38. The van der Waals surface area contributed by atoms with Gasteiger partial charge in [-0.25, -0.2) is 0 Å². The van der Waals surface area contributed by atoms with E-state index in [-0.39, 0.29) is 6.29 Å². The van der Waals surface area contributed by atoms with Crippen molar-refractivity contribution in [1.82, 2.24) is 0 Å². The smallest absolute Gasteiger partial charge is 0.179 e. The molecular formula is C15H28O5. The molecule has 0 spiro atoms. The van der Waals surface area contributed by atoms with E-state index in [4.69, 9.17) is 23.7 Å². The number of hydrogen-bond acceptors (Lipinski definition) is 5. The van der Waals surface area contributed by atoms with Crippen molar-refractivity contribution in [3.8, 4) is 0 Å². The van der Waals surface area contributed by atoms with Crippen molar-refractivity contribution >= 4 is 0 Å². The van der Waals surface area contributed by atoms with Crippen molar-refractivity contribution in [2.75, 3.05) is 52.9 Å². The minimum absolute atomic E-state index is 0.304. The molecule has 0 aromatic carbocycles. The van der Waals surface area contributed by atoms with Crippen LogP contribution in [0.25, 0.3) is 0 Å². The summed E-state index contributed by atoms with van der Waals surface area (Å²) < 4.78 is 27.7. The van der Waals surface area contributed by atoms with Crippen LogP contribution in [0.1, 0.15) is 27.2 Å². The summed E-state index contributed by atoms with van der Waals surface area (Å²) in [5, 5.41) is 0. The molecule has 1 aliphatic rings. The van der Waals surface area contributed by atoms with Gasteiger partial charge in [0.1, 0.15) is 0 Å². The van der Waals surface area contributed by atoms with Crippen LogP contribution in [0, 0.1) is 0 Å². The van der Waals surface area contributed by atoms with Gasteiger partial charge in [-0.05, 0) is 25.8 Å². The highest BCUT2D eigenvalue weighted by Gasteiger charge is 2.14. The summed E-state index contributed by atoms with van der Waals surface area (Å²) >= 11 is 0. The molecule has 0 saturated carbocycles. The number of ether oxygens (including phenoxy) is 5. The number of hydrogen-bond donors (Lipinski definition) is 0. The first kappa shape index (κ1) is 17.6. The van der Waals surface area contributed by atoms with Crippen LogP contribution in [0.3, 0.4) is 0 Å². The van der Waals surface area contributed by atoms with Gasteiger partial charge in [-0.2, -0.15) is 0 Å². The lowest BCUT2D eigenvalue weighted by atomic mass is 10.1. The van der Waals surface area contributed by atoms with Gasteiger partial charge in [0.2, 0.25) is 0 Å². The van der Waals surface area contributed by atoms with Crippen molar-refractivity contribution in [3.63, 3.8) is 0 Å². The van der Waals surface area contributed by atoms with Gasteiger partial charge >= 0.3 is 0 Å². The molecule has 0 amide bonds. The van der Waals surface area contributed by atoms with E-state index in [1.54, 1.807) is 0 Å². The average molecular weight is 288 g/mol. The molecule has 1 aliphatic heterocycles. The molecule has 1 saturated heterocycles. The molecule has 0 atom stereocenters. The van der Waals surface area contributed by atoms with Crippen LogP contribution in [-0.4, -0.2) is 59.1 Å². The highest BCUT2D eigenvalue weighted by Crippen LogP contribution is 2.15. The van der Waals surface area contributed by atoms with E-state index in [0.29, 0.717) is 52.9 Å². The molecule has 0 aromatic heterocycles. The summed E-state index contributed by atoms with van der Waals surface area (Å²) in [5.41, 5.74) is 2.44. The Hall–Kier alpha value is -0.460. The molecule has 1 rings (SSSR count). The zero-order valence-electron chi connectivity index (χ0n) is 13.0. The van der Waals surface area contributed by atoms with E-state index in [0.717, 1.165) is 12.0 Å². The fraction of sp³-hybridized carbons (Fsp3) is 0.867. The van der Waals surface area contributed by atoms with Crippen LogP contribution in [-0.2, 0) is 23.7 Å². The topological polar surface area (TPSA) is 46.2 Å². The lowest BCUT2D eigenvalue weighted by molar-refractivity contribution is -0.141. The van der Waals surface area contributed by atoms with Gasteiger partial charge in [0.05, 0.1) is 52.9 Å². The fourth-order valence-electron chi connectivity index (χ4n) is 1.75. The molecule has 1 heterocycles. The highest BCUT2D eigenvalue weighted by molar-refractivity contribution is 5.11. The minimum Gasteiger partial charge on any atom is -0.377 e. The molecule has 5 heteroatoms. The van der Waals surface area contributed by atoms with E-state index >= 15 is 0 Å². The van der Waals surface area contributed by atoms with Crippen LogP contribution < -0.4 is 0 Å². The summed E-state index contributed by atoms with van der Waals surface area (Å²) in [6, 6.07) is 0. The minimum atomic E-state index is -0.304. The molecule has 0 radical (unpaired) electrons. The Morgan fingerprint density at radius 2 is 1.15 bits per heavy atom. The van der Waals surface area contributed by atoms with E-state index in [1.807, 2.05) is 0 Å². The third kappa shape index (κ3) is 7.36. The van der Waals surface area contributed by atoms with Gasteiger partial charge in [0.25, 0.3) is 0 Å². The van der Waals surface area contributed by atoms with Crippen LogP contribution >= 0.6 is 0 Å². The van der Waals surface area contributed by atoms with Crippen LogP contribution in [0.2, 0.25) is 0 Å². The summed E-state index contributed by atoms with van der Waals surface area (Å²) in [5.74, 6) is 0. The van der Waals surface area contributed by atoms with Crippen LogP contribution in [0.4, 0.5) is 0 Å². The van der Waals surface area contributed by atoms with Crippen molar-refractivity contribution in [1.29, 1.82) is 0 Å². The highest BCUT2D eigenvalue weighted by atomic mass is 16.7. The van der Waals surface area contributed by atoms with Crippen molar-refractivity contribution < 1.29 is 23.7 Å². The second-order valence-corrected chi connectivity index (χ2v) is 4.73. The predicted octanol–water partition coefficient (Wildman–Crippen LogP) is 2.16. The van der Waals surface area contributed by atoms with Crippen molar-refractivity contribution in [3.05, 3.63) is 11.1 Å². The Morgan fingerprint density at radius 3 is 1.55 bits per heavy atom. The van der Waals surface area contributed by atoms with E-state index < -0.39 is 0 Å². The summed E-state index contributed by atoms with van der Waals surface area (Å²) in [6.07, 6.45) is 0.695. The number of rotatable bonds is 2. The Morgan fingerprint density at radius 1 is 0.750 bits per heavy atom. The van der Waals surface area contributed by atoms with Crippen molar-refractivity contribution in [2.45, 2.75) is 33.5 Å². The van der Waals surface area contributed by atoms with Crippen LogP contribution in [0.5, 0.6) is 0 Å². The molecule has 1 fully saturated rings. The molecule has 0 unspecified atom stereocenters. The third-order valence-electron chi connectivity index (χ3n) is 3.29. The maximum Gasteiger partial charge on any atom is 0.179 e. The summed E-state index contributed by atoms with van der Waals surface area (Å²) in [6.45, 7) is 10.8. The predicted molar refractivity (Wildman–Crippen MR) is 76.8 cm³/mol. The van der Waals surface area contributed by atoms with Gasteiger partial charge in [-0.15, -0.1) is 0 Å². The average Bonchev–Trinajstić information content (AvgIpc) is 2.47. The molecular weight excluding hydrogens is 260 g/mol.